The van der Waals surface area contributed by atoms with Crippen molar-refractivity contribution in [3.05, 3.63) is 77.2 Å². The fraction of sp³-hybridized carbons (Fsp3) is 0.350. The third kappa shape index (κ3) is 9.63. The number of ether oxygens (including phenoxy) is 3. The van der Waals surface area contributed by atoms with Gasteiger partial charge in [0, 0.05) is 75.9 Å². The zero-order valence-corrected chi connectivity index (χ0v) is 34.7. The minimum atomic E-state index is -2.77. The monoisotopic (exact) mass is 857 g/mol. The van der Waals surface area contributed by atoms with Crippen molar-refractivity contribution in [3.63, 3.8) is 0 Å². The van der Waals surface area contributed by atoms with E-state index in [1.54, 1.807) is 51.2 Å². The Bertz CT molecular complexity index is 2320. The zero-order valence-electron chi connectivity index (χ0n) is 32.3. The molecule has 2 amide bonds. The lowest BCUT2D eigenvalue weighted by molar-refractivity contribution is -0.138. The number of piperazine rings is 1. The number of hydrogen-bond donors (Lipinski definition) is 3. The van der Waals surface area contributed by atoms with Gasteiger partial charge in [-0.15, -0.1) is 0 Å². The summed E-state index contributed by atoms with van der Waals surface area (Å²) >= 11 is 3.57. The number of piperidine rings is 1. The number of amides is 2. The number of imide groups is 1. The van der Waals surface area contributed by atoms with Crippen LogP contribution in [0.4, 0.5) is 28.8 Å². The smallest absolute Gasteiger partial charge is 0.267 e. The molecular formula is C40H45BrN9O6P. The van der Waals surface area contributed by atoms with Gasteiger partial charge >= 0.3 is 0 Å². The van der Waals surface area contributed by atoms with Crippen molar-refractivity contribution in [3.8, 4) is 17.2 Å². The highest BCUT2D eigenvalue weighted by Gasteiger charge is 2.28. The fourth-order valence-electron chi connectivity index (χ4n) is 6.97. The predicted molar refractivity (Wildman–Crippen MR) is 225 cm³/mol. The average molecular weight is 859 g/mol. The van der Waals surface area contributed by atoms with E-state index in [0.29, 0.717) is 62.8 Å². The van der Waals surface area contributed by atoms with Crippen LogP contribution in [-0.4, -0.2) is 103 Å². The summed E-state index contributed by atoms with van der Waals surface area (Å²) in [6.45, 7) is 10.6. The molecule has 3 N–H and O–H groups in total. The SMILES string of the molecule is COc1cc(N2CCN(CCCOc3ccc(OC4CCC(=O)NC4=O)cc3)CC2)c(C)cc1Nc1ncc(Br)c(Nc2ccc3nccnc3c2P(C)(C)=O)n1. The van der Waals surface area contributed by atoms with Gasteiger partial charge in [0.2, 0.25) is 11.9 Å². The van der Waals surface area contributed by atoms with Gasteiger partial charge < -0.3 is 34.3 Å². The van der Waals surface area contributed by atoms with Gasteiger partial charge in [-0.25, -0.2) is 4.98 Å². The van der Waals surface area contributed by atoms with E-state index in [2.05, 4.69) is 75.7 Å². The van der Waals surface area contributed by atoms with Crippen molar-refractivity contribution >= 4 is 80.1 Å². The van der Waals surface area contributed by atoms with Gasteiger partial charge in [-0.3, -0.25) is 29.8 Å². The Hall–Kier alpha value is -5.31. The molecule has 15 nitrogen and oxygen atoms in total. The van der Waals surface area contributed by atoms with Crippen LogP contribution in [0.3, 0.4) is 0 Å². The molecule has 7 rings (SSSR count). The summed E-state index contributed by atoms with van der Waals surface area (Å²) in [5, 5.41) is 9.60. The van der Waals surface area contributed by atoms with Gasteiger partial charge in [-0.2, -0.15) is 4.98 Å². The van der Waals surface area contributed by atoms with Crippen molar-refractivity contribution in [2.45, 2.75) is 32.3 Å². The topological polar surface area (TPSA) is 173 Å². The summed E-state index contributed by atoms with van der Waals surface area (Å²) in [5.41, 5.74) is 4.83. The van der Waals surface area contributed by atoms with Crippen molar-refractivity contribution in [2.24, 2.45) is 0 Å². The Morgan fingerprint density at radius 1 is 0.947 bits per heavy atom. The highest BCUT2D eigenvalue weighted by Crippen LogP contribution is 2.41. The summed E-state index contributed by atoms with van der Waals surface area (Å²) in [4.78, 5) is 46.3. The molecule has 0 bridgehead atoms. The van der Waals surface area contributed by atoms with E-state index < -0.39 is 19.2 Å². The van der Waals surface area contributed by atoms with Gasteiger partial charge in [-0.1, -0.05) is 0 Å². The molecule has 0 aliphatic carbocycles. The van der Waals surface area contributed by atoms with Crippen molar-refractivity contribution < 1.29 is 28.4 Å². The van der Waals surface area contributed by atoms with E-state index in [0.717, 1.165) is 61.8 Å². The molecule has 1 atom stereocenters. The van der Waals surface area contributed by atoms with E-state index in [4.69, 9.17) is 19.2 Å². The van der Waals surface area contributed by atoms with E-state index >= 15 is 0 Å². The number of carbonyl (C=O) groups excluding carboxylic acids is 2. The number of halogens is 1. The third-order valence-corrected chi connectivity index (χ3v) is 11.9. The maximum atomic E-state index is 13.4. The Balaban J connectivity index is 0.922. The molecule has 0 spiro atoms. The Labute approximate surface area is 339 Å². The summed E-state index contributed by atoms with van der Waals surface area (Å²) in [5.74, 6) is 2.15. The Kier molecular flexibility index (Phi) is 12.2. The number of aromatic nitrogens is 4. The first-order valence-electron chi connectivity index (χ1n) is 18.7. The number of rotatable bonds is 14. The predicted octanol–water partition coefficient (Wildman–Crippen LogP) is 6.01. The molecule has 2 aromatic heterocycles. The van der Waals surface area contributed by atoms with Crippen LogP contribution in [0.25, 0.3) is 11.0 Å². The van der Waals surface area contributed by atoms with Crippen molar-refractivity contribution in [1.82, 2.24) is 30.2 Å². The van der Waals surface area contributed by atoms with Crippen molar-refractivity contribution in [1.29, 1.82) is 0 Å². The number of carbonyl (C=O) groups is 2. The van der Waals surface area contributed by atoms with Gasteiger partial charge in [0.05, 0.1) is 40.4 Å². The Morgan fingerprint density at radius 3 is 2.44 bits per heavy atom. The van der Waals surface area contributed by atoms with Crippen LogP contribution >= 0.6 is 23.1 Å². The second kappa shape index (κ2) is 17.5. The van der Waals surface area contributed by atoms with Crippen LogP contribution in [0.2, 0.25) is 0 Å². The largest absolute Gasteiger partial charge is 0.494 e. The molecule has 5 aromatic rings. The van der Waals surface area contributed by atoms with E-state index in [9.17, 15) is 14.2 Å². The summed E-state index contributed by atoms with van der Waals surface area (Å²) in [6.07, 6.45) is 5.74. The number of anilines is 5. The first-order valence-corrected chi connectivity index (χ1v) is 22.1. The number of nitrogens with zero attached hydrogens (tertiary/aromatic N) is 6. The number of hydrogen-bond acceptors (Lipinski definition) is 14. The number of nitrogens with one attached hydrogen (secondary N) is 3. The summed E-state index contributed by atoms with van der Waals surface area (Å²) < 4.78 is 31.7. The lowest BCUT2D eigenvalue weighted by Crippen LogP contribution is -2.47. The molecule has 298 valence electrons. The standard InChI is InChI=1S/C40H45BrN9O6P/c1-25-22-31(46-40-44-24-28(41)38(48-40)45-30-11-10-29-36(43-15-14-42-29)37(30)57(3,4)53)34(54-2)23-32(25)50-19-17-49(18-20-50)16-5-21-55-26-6-8-27(9-7-26)56-33-12-13-35(51)47-39(33)52/h6-11,14-15,22-24,33H,5,12-13,16-21H2,1-4H3,(H,47,51,52)(H2,44,45,46,48). The molecule has 2 aliphatic rings. The maximum Gasteiger partial charge on any atom is 0.267 e. The van der Waals surface area contributed by atoms with E-state index in [1.165, 1.54) is 0 Å². The zero-order chi connectivity index (χ0) is 40.1. The van der Waals surface area contributed by atoms with Crippen LogP contribution in [0, 0.1) is 6.92 Å². The molecule has 3 aromatic carbocycles. The highest BCUT2D eigenvalue weighted by atomic mass is 79.9. The number of fused-ring (bicyclic) bond motifs is 1. The first kappa shape index (κ1) is 39.9. The molecule has 0 radical (unpaired) electrons. The number of methoxy groups -OCH3 is 1. The molecular weight excluding hydrogens is 813 g/mol. The molecule has 0 saturated carbocycles. The van der Waals surface area contributed by atoms with Crippen LogP contribution in [0.1, 0.15) is 24.8 Å². The van der Waals surface area contributed by atoms with Crippen LogP contribution in [-0.2, 0) is 14.2 Å². The Morgan fingerprint density at radius 2 is 1.70 bits per heavy atom. The quantitative estimate of drug-likeness (QED) is 0.0674. The lowest BCUT2D eigenvalue weighted by atomic mass is 10.1. The molecule has 1 unspecified atom stereocenters. The average Bonchev–Trinajstić information content (AvgIpc) is 3.19. The van der Waals surface area contributed by atoms with Gasteiger partial charge in [0.15, 0.2) is 6.10 Å². The molecule has 2 fully saturated rings. The summed E-state index contributed by atoms with van der Waals surface area (Å²) in [6, 6.07) is 15.0. The molecule has 57 heavy (non-hydrogen) atoms. The number of benzene rings is 3. The van der Waals surface area contributed by atoms with E-state index in [-0.39, 0.29) is 12.3 Å². The highest BCUT2D eigenvalue weighted by molar-refractivity contribution is 9.10. The van der Waals surface area contributed by atoms with Crippen LogP contribution < -0.4 is 40.4 Å². The minimum Gasteiger partial charge on any atom is -0.494 e. The van der Waals surface area contributed by atoms with Gasteiger partial charge in [0.25, 0.3) is 5.91 Å². The normalized spacial score (nSPS) is 16.3. The van der Waals surface area contributed by atoms with Crippen molar-refractivity contribution in [2.75, 3.05) is 75.3 Å². The van der Waals surface area contributed by atoms with Crippen LogP contribution in [0.15, 0.2) is 71.6 Å². The lowest BCUT2D eigenvalue weighted by Gasteiger charge is -2.37. The maximum absolute atomic E-state index is 13.4. The molecule has 17 heteroatoms. The fourth-order valence-corrected chi connectivity index (χ4v) is 8.65. The molecule has 4 heterocycles. The second-order valence-corrected chi connectivity index (χ2v) is 18.3. The second-order valence-electron chi connectivity index (χ2n) is 14.3. The van der Waals surface area contributed by atoms with Crippen LogP contribution in [0.5, 0.6) is 17.2 Å². The first-order chi connectivity index (χ1) is 27.4. The third-order valence-electron chi connectivity index (χ3n) is 9.81. The van der Waals surface area contributed by atoms with Gasteiger partial charge in [-0.05, 0) is 90.6 Å². The number of aryl methyl sites for hydroxylation is 1. The molecule has 2 aliphatic heterocycles. The molecule has 2 saturated heterocycles. The summed E-state index contributed by atoms with van der Waals surface area (Å²) in [7, 11) is -1.12. The minimum absolute atomic E-state index is 0.267. The van der Waals surface area contributed by atoms with E-state index in [1.807, 2.05) is 24.3 Å². The van der Waals surface area contributed by atoms with Gasteiger partial charge in [0.1, 0.15) is 35.7 Å².